The first kappa shape index (κ1) is 21.4. The Hall–Kier alpha value is -2.35. The Morgan fingerprint density at radius 2 is 2.21 bits per heavy atom. The summed E-state index contributed by atoms with van der Waals surface area (Å²) >= 11 is 5.91. The molecule has 1 aliphatic carbocycles. The van der Waals surface area contributed by atoms with E-state index in [1.807, 2.05) is 13.0 Å². The van der Waals surface area contributed by atoms with Gasteiger partial charge in [0.1, 0.15) is 5.15 Å². The molecule has 6 nitrogen and oxygen atoms in total. The van der Waals surface area contributed by atoms with E-state index in [0.717, 1.165) is 18.5 Å². The van der Waals surface area contributed by atoms with E-state index in [2.05, 4.69) is 10.1 Å². The van der Waals surface area contributed by atoms with Crippen molar-refractivity contribution < 1.29 is 18.4 Å². The molecular weight excluding hydrogens is 402 g/mol. The van der Waals surface area contributed by atoms with Gasteiger partial charge in [-0.3, -0.25) is 9.59 Å². The summed E-state index contributed by atoms with van der Waals surface area (Å²) in [6.45, 7) is 1.03. The Labute approximate surface area is 172 Å². The van der Waals surface area contributed by atoms with Gasteiger partial charge in [-0.1, -0.05) is 17.7 Å². The number of aromatic nitrogens is 3. The maximum Gasteiger partial charge on any atom is 0.333 e. The van der Waals surface area contributed by atoms with Crippen molar-refractivity contribution in [2.24, 2.45) is 5.92 Å². The van der Waals surface area contributed by atoms with Crippen molar-refractivity contribution in [3.8, 4) is 0 Å². The van der Waals surface area contributed by atoms with Crippen LogP contribution in [0.15, 0.2) is 24.5 Å². The molecule has 2 aromatic rings. The first-order valence-corrected chi connectivity index (χ1v) is 9.83. The Morgan fingerprint density at radius 1 is 1.45 bits per heavy atom. The SMILES string of the molecule is CC(=O)C(Cc1cnn(C(F)F)c1)N(C=O)CCC1CC1c1ccc(Cl)nc1C. The lowest BCUT2D eigenvalue weighted by Crippen LogP contribution is -2.41. The van der Waals surface area contributed by atoms with Gasteiger partial charge in [-0.05, 0) is 55.7 Å². The maximum absolute atomic E-state index is 12.7. The zero-order valence-electron chi connectivity index (χ0n) is 16.3. The third-order valence-corrected chi connectivity index (χ3v) is 5.67. The highest BCUT2D eigenvalue weighted by Crippen LogP contribution is 2.50. The van der Waals surface area contributed by atoms with E-state index in [1.165, 1.54) is 29.8 Å². The van der Waals surface area contributed by atoms with Crippen LogP contribution < -0.4 is 0 Å². The Balaban J connectivity index is 1.60. The number of hydrogen-bond donors (Lipinski definition) is 0. The number of ketones is 1. The molecule has 29 heavy (non-hydrogen) atoms. The molecule has 3 unspecified atom stereocenters. The molecule has 0 saturated heterocycles. The average molecular weight is 425 g/mol. The van der Waals surface area contributed by atoms with Gasteiger partial charge in [0.2, 0.25) is 6.41 Å². The van der Waals surface area contributed by atoms with Crippen LogP contribution in [0.3, 0.4) is 0 Å². The van der Waals surface area contributed by atoms with Crippen LogP contribution in [0, 0.1) is 12.8 Å². The highest BCUT2D eigenvalue weighted by Gasteiger charge is 2.39. The zero-order valence-corrected chi connectivity index (χ0v) is 17.0. The monoisotopic (exact) mass is 424 g/mol. The number of rotatable bonds is 10. The van der Waals surface area contributed by atoms with Crippen LogP contribution in [0.2, 0.25) is 5.15 Å². The Bertz CT molecular complexity index is 889. The number of nitrogens with zero attached hydrogens (tertiary/aromatic N) is 4. The van der Waals surface area contributed by atoms with Crippen LogP contribution in [0.25, 0.3) is 0 Å². The van der Waals surface area contributed by atoms with Gasteiger partial charge in [0.25, 0.3) is 0 Å². The summed E-state index contributed by atoms with van der Waals surface area (Å²) in [4.78, 5) is 29.5. The standard InChI is InChI=1S/C20H23ClF2N4O2/c1-12-16(3-4-19(21)25-12)17-8-15(17)5-6-26(11-28)18(13(2)29)7-14-9-24-27(10-14)20(22)23/h3-4,9-11,15,17-18,20H,5-8H2,1-2H3. The number of Topliss-reactive ketones (excluding diaryl/α,β-unsaturated/α-hetero) is 1. The zero-order chi connectivity index (χ0) is 21.1. The number of amides is 1. The van der Waals surface area contributed by atoms with Crippen LogP contribution >= 0.6 is 11.6 Å². The fourth-order valence-corrected chi connectivity index (χ4v) is 3.97. The number of carbonyl (C=O) groups excluding carboxylic acids is 2. The summed E-state index contributed by atoms with van der Waals surface area (Å²) in [6.07, 6.45) is 5.09. The van der Waals surface area contributed by atoms with Crippen LogP contribution in [0.1, 0.15) is 49.1 Å². The number of aryl methyl sites for hydroxylation is 1. The molecule has 0 radical (unpaired) electrons. The van der Waals surface area contributed by atoms with Crippen molar-refractivity contribution in [1.82, 2.24) is 19.7 Å². The maximum atomic E-state index is 12.7. The lowest BCUT2D eigenvalue weighted by Gasteiger charge is -2.26. The molecular formula is C20H23ClF2N4O2. The van der Waals surface area contributed by atoms with Crippen molar-refractivity contribution in [2.75, 3.05) is 6.54 Å². The van der Waals surface area contributed by atoms with Crippen molar-refractivity contribution >= 4 is 23.8 Å². The summed E-state index contributed by atoms with van der Waals surface area (Å²) in [6, 6.07) is 3.08. The summed E-state index contributed by atoms with van der Waals surface area (Å²) in [7, 11) is 0. The van der Waals surface area contributed by atoms with Gasteiger partial charge in [-0.2, -0.15) is 13.9 Å². The third-order valence-electron chi connectivity index (χ3n) is 5.46. The minimum Gasteiger partial charge on any atom is -0.335 e. The molecule has 9 heteroatoms. The first-order valence-electron chi connectivity index (χ1n) is 9.45. The third kappa shape index (κ3) is 5.18. The van der Waals surface area contributed by atoms with Gasteiger partial charge in [-0.15, -0.1) is 0 Å². The summed E-state index contributed by atoms with van der Waals surface area (Å²) < 4.78 is 25.9. The molecule has 2 heterocycles. The molecule has 3 atom stereocenters. The number of alkyl halides is 2. The number of halogens is 3. The largest absolute Gasteiger partial charge is 0.335 e. The van der Waals surface area contributed by atoms with Gasteiger partial charge in [0.05, 0.1) is 12.2 Å². The predicted molar refractivity (Wildman–Crippen MR) is 104 cm³/mol. The van der Waals surface area contributed by atoms with Gasteiger partial charge >= 0.3 is 6.55 Å². The lowest BCUT2D eigenvalue weighted by atomic mass is 10.0. The van der Waals surface area contributed by atoms with E-state index < -0.39 is 12.6 Å². The van der Waals surface area contributed by atoms with Crippen molar-refractivity contribution in [3.63, 3.8) is 0 Å². The quantitative estimate of drug-likeness (QED) is 0.430. The number of pyridine rings is 1. The summed E-state index contributed by atoms with van der Waals surface area (Å²) in [5, 5.41) is 4.06. The molecule has 156 valence electrons. The highest BCUT2D eigenvalue weighted by atomic mass is 35.5. The molecule has 1 fully saturated rings. The summed E-state index contributed by atoms with van der Waals surface area (Å²) in [5.74, 6) is 0.605. The smallest absolute Gasteiger partial charge is 0.333 e. The summed E-state index contributed by atoms with van der Waals surface area (Å²) in [5.41, 5.74) is 2.57. The first-order chi connectivity index (χ1) is 13.8. The second-order valence-electron chi connectivity index (χ2n) is 7.48. The molecule has 1 aliphatic rings. The fraction of sp³-hybridized carbons (Fsp3) is 0.500. The van der Waals surface area contributed by atoms with Crippen LogP contribution in [0.4, 0.5) is 8.78 Å². The normalized spacial score (nSPS) is 19.2. The second-order valence-corrected chi connectivity index (χ2v) is 7.87. The molecule has 0 aromatic carbocycles. The molecule has 0 bridgehead atoms. The fourth-order valence-electron chi connectivity index (χ4n) is 3.78. The Kier molecular flexibility index (Phi) is 6.62. The predicted octanol–water partition coefficient (Wildman–Crippen LogP) is 3.79. The molecule has 0 N–H and O–H groups in total. The van der Waals surface area contributed by atoms with Gasteiger partial charge in [0, 0.05) is 24.9 Å². The van der Waals surface area contributed by atoms with Crippen LogP contribution in [0.5, 0.6) is 0 Å². The lowest BCUT2D eigenvalue weighted by molar-refractivity contribution is -0.130. The van der Waals surface area contributed by atoms with E-state index >= 15 is 0 Å². The number of carbonyl (C=O) groups is 2. The van der Waals surface area contributed by atoms with Crippen LogP contribution in [-0.4, -0.2) is 44.4 Å². The van der Waals surface area contributed by atoms with Gasteiger partial charge in [-0.25, -0.2) is 9.67 Å². The van der Waals surface area contributed by atoms with Crippen molar-refractivity contribution in [3.05, 3.63) is 46.5 Å². The topological polar surface area (TPSA) is 68.1 Å². The molecule has 0 spiro atoms. The minimum absolute atomic E-state index is 0.162. The van der Waals surface area contributed by atoms with E-state index in [0.29, 0.717) is 40.2 Å². The molecule has 0 aliphatic heterocycles. The Morgan fingerprint density at radius 3 is 2.79 bits per heavy atom. The van der Waals surface area contributed by atoms with E-state index in [4.69, 9.17) is 11.6 Å². The molecule has 1 amide bonds. The molecule has 2 aromatic heterocycles. The van der Waals surface area contributed by atoms with Gasteiger partial charge < -0.3 is 4.90 Å². The second kappa shape index (κ2) is 8.98. The minimum atomic E-state index is -2.74. The number of hydrogen-bond acceptors (Lipinski definition) is 4. The van der Waals surface area contributed by atoms with Crippen molar-refractivity contribution in [1.29, 1.82) is 0 Å². The highest BCUT2D eigenvalue weighted by molar-refractivity contribution is 6.29. The molecule has 3 rings (SSSR count). The van der Waals surface area contributed by atoms with Gasteiger partial charge in [0.15, 0.2) is 5.78 Å². The van der Waals surface area contributed by atoms with E-state index in [-0.39, 0.29) is 12.2 Å². The molecule has 1 saturated carbocycles. The van der Waals surface area contributed by atoms with E-state index in [1.54, 1.807) is 6.07 Å². The average Bonchev–Trinajstić information content (AvgIpc) is 3.25. The van der Waals surface area contributed by atoms with Crippen molar-refractivity contribution in [2.45, 2.75) is 51.6 Å². The van der Waals surface area contributed by atoms with Crippen LogP contribution in [-0.2, 0) is 16.0 Å². The van der Waals surface area contributed by atoms with E-state index in [9.17, 15) is 18.4 Å².